The molecule has 0 unspecified atom stereocenters. The van der Waals surface area contributed by atoms with Crippen molar-refractivity contribution in [2.75, 3.05) is 51.6 Å². The lowest BCUT2D eigenvalue weighted by atomic mass is 10.1. The van der Waals surface area contributed by atoms with Crippen molar-refractivity contribution in [1.82, 2.24) is 15.1 Å². The Morgan fingerprint density at radius 3 is 2.25 bits per heavy atom. The van der Waals surface area contributed by atoms with Crippen molar-refractivity contribution < 1.29 is 38.0 Å². The monoisotopic (exact) mass is 610 g/mol. The fraction of sp³-hybridized carbons (Fsp3) is 0.469. The zero-order valence-electron chi connectivity index (χ0n) is 26.2. The molecule has 0 radical (unpaired) electrons. The van der Waals surface area contributed by atoms with Crippen molar-refractivity contribution in [2.45, 2.75) is 52.7 Å². The van der Waals surface area contributed by atoms with Crippen molar-refractivity contribution in [1.29, 1.82) is 0 Å². The van der Waals surface area contributed by atoms with Crippen LogP contribution in [0, 0.1) is 0 Å². The number of carbonyl (C=O) groups is 2. The van der Waals surface area contributed by atoms with E-state index in [4.69, 9.17) is 28.4 Å². The van der Waals surface area contributed by atoms with E-state index in [1.54, 1.807) is 0 Å². The minimum Gasteiger partial charge on any atom is -0.454 e. The molecule has 3 aromatic rings. The summed E-state index contributed by atoms with van der Waals surface area (Å²) in [5.74, 6) is 1.30. The molecule has 2 N–H and O–H groups in total. The number of benzene rings is 2. The number of anilines is 1. The number of ether oxygens (including phenoxy) is 6. The second kappa shape index (κ2) is 14.5. The van der Waals surface area contributed by atoms with Crippen molar-refractivity contribution >= 4 is 17.9 Å². The first-order chi connectivity index (χ1) is 20.9. The topological polar surface area (TPSA) is 131 Å². The molecule has 1 amide bonds. The third-order valence-corrected chi connectivity index (χ3v) is 5.96. The second-order valence-electron chi connectivity index (χ2n) is 12.0. The Morgan fingerprint density at radius 1 is 0.818 bits per heavy atom. The number of carbonyl (C=O) groups excluding carboxylic acids is 2. The molecule has 0 saturated heterocycles. The van der Waals surface area contributed by atoms with Gasteiger partial charge in [0.15, 0.2) is 11.5 Å². The summed E-state index contributed by atoms with van der Waals surface area (Å²) >= 11 is 0. The van der Waals surface area contributed by atoms with Crippen LogP contribution in [0.25, 0.3) is 22.5 Å². The maximum absolute atomic E-state index is 13.2. The highest BCUT2D eigenvalue weighted by Gasteiger charge is 2.24. The molecule has 4 rings (SSSR count). The third kappa shape index (κ3) is 9.88. The van der Waals surface area contributed by atoms with Crippen LogP contribution in [0.5, 0.6) is 11.5 Å². The van der Waals surface area contributed by atoms with Crippen LogP contribution in [0.15, 0.2) is 48.5 Å². The quantitative estimate of drug-likeness (QED) is 0.246. The Morgan fingerprint density at radius 2 is 1.52 bits per heavy atom. The summed E-state index contributed by atoms with van der Waals surface area (Å²) in [6, 6.07) is 15.1. The molecule has 2 heterocycles. The molecule has 0 fully saturated rings. The van der Waals surface area contributed by atoms with Crippen molar-refractivity contribution in [2.24, 2.45) is 0 Å². The summed E-state index contributed by atoms with van der Waals surface area (Å²) in [7, 11) is 0. The number of nitrogens with zero attached hydrogens (tertiary/aromatic N) is 2. The van der Waals surface area contributed by atoms with Gasteiger partial charge in [-0.3, -0.25) is 0 Å². The number of fused-ring (bicyclic) bond motifs is 1. The maximum Gasteiger partial charge on any atom is 0.435 e. The van der Waals surface area contributed by atoms with Gasteiger partial charge >= 0.3 is 12.2 Å². The highest BCUT2D eigenvalue weighted by Crippen LogP contribution is 2.37. The summed E-state index contributed by atoms with van der Waals surface area (Å²) in [6.45, 7) is 13.6. The largest absolute Gasteiger partial charge is 0.454 e. The van der Waals surface area contributed by atoms with E-state index in [0.717, 1.165) is 16.8 Å². The van der Waals surface area contributed by atoms with Crippen LogP contribution in [0.3, 0.4) is 0 Å². The highest BCUT2D eigenvalue weighted by atomic mass is 16.7. The number of aromatic nitrogens is 2. The Balaban J connectivity index is 1.30. The van der Waals surface area contributed by atoms with Gasteiger partial charge in [0, 0.05) is 29.9 Å². The first kappa shape index (κ1) is 32.6. The van der Waals surface area contributed by atoms with E-state index in [1.165, 1.54) is 4.68 Å². The maximum atomic E-state index is 13.2. The van der Waals surface area contributed by atoms with Gasteiger partial charge in [-0.05, 0) is 77.9 Å². The highest BCUT2D eigenvalue weighted by molar-refractivity contribution is 5.81. The van der Waals surface area contributed by atoms with Crippen LogP contribution < -0.4 is 20.1 Å². The molecule has 1 aliphatic heterocycles. The van der Waals surface area contributed by atoms with E-state index in [-0.39, 0.29) is 6.79 Å². The average Bonchev–Trinajstić information content (AvgIpc) is 3.60. The minimum absolute atomic E-state index is 0.171. The molecule has 1 aromatic heterocycles. The van der Waals surface area contributed by atoms with Crippen molar-refractivity contribution in [3.8, 4) is 34.0 Å². The smallest absolute Gasteiger partial charge is 0.435 e. The lowest BCUT2D eigenvalue weighted by Gasteiger charge is -2.19. The number of amides is 1. The number of hydrogen-bond acceptors (Lipinski definition) is 10. The molecule has 44 heavy (non-hydrogen) atoms. The van der Waals surface area contributed by atoms with Gasteiger partial charge in [-0.1, -0.05) is 12.1 Å². The number of nitrogens with one attached hydrogen (secondary N) is 2. The Hall–Kier alpha value is -4.29. The minimum atomic E-state index is -0.690. The van der Waals surface area contributed by atoms with Crippen LogP contribution in [0.1, 0.15) is 41.5 Å². The molecule has 2 aromatic carbocycles. The predicted molar refractivity (Wildman–Crippen MR) is 165 cm³/mol. The van der Waals surface area contributed by atoms with Gasteiger partial charge in [-0.15, -0.1) is 0 Å². The lowest BCUT2D eigenvalue weighted by molar-refractivity contribution is 0.0415. The third-order valence-electron chi connectivity index (χ3n) is 5.96. The first-order valence-corrected chi connectivity index (χ1v) is 14.6. The summed E-state index contributed by atoms with van der Waals surface area (Å²) in [6.07, 6.45) is -1.04. The van der Waals surface area contributed by atoms with Gasteiger partial charge < -0.3 is 39.1 Å². The molecule has 0 saturated carbocycles. The fourth-order valence-corrected chi connectivity index (χ4v) is 4.15. The Kier molecular flexibility index (Phi) is 10.7. The zero-order chi connectivity index (χ0) is 31.7. The van der Waals surface area contributed by atoms with Gasteiger partial charge in [0.05, 0.1) is 37.8 Å². The predicted octanol–water partition coefficient (Wildman–Crippen LogP) is 5.70. The van der Waals surface area contributed by atoms with Crippen LogP contribution >= 0.6 is 0 Å². The van der Waals surface area contributed by atoms with E-state index in [0.29, 0.717) is 62.4 Å². The first-order valence-electron chi connectivity index (χ1n) is 14.6. The number of hydrogen-bond donors (Lipinski definition) is 2. The Bertz CT molecular complexity index is 1420. The molecule has 12 heteroatoms. The average molecular weight is 611 g/mol. The molecule has 0 atom stereocenters. The van der Waals surface area contributed by atoms with Crippen LogP contribution in [-0.2, 0) is 18.9 Å². The fourth-order valence-electron chi connectivity index (χ4n) is 4.15. The van der Waals surface area contributed by atoms with Gasteiger partial charge in [0.1, 0.15) is 11.2 Å². The zero-order valence-corrected chi connectivity index (χ0v) is 26.2. The van der Waals surface area contributed by atoms with Crippen LogP contribution in [0.4, 0.5) is 15.3 Å². The summed E-state index contributed by atoms with van der Waals surface area (Å²) in [5, 5.41) is 10.6. The van der Waals surface area contributed by atoms with Gasteiger partial charge in [-0.2, -0.15) is 9.78 Å². The molecule has 0 spiro atoms. The number of rotatable bonds is 12. The lowest BCUT2D eigenvalue weighted by Crippen LogP contribution is -2.34. The molecular formula is C32H42N4O8. The van der Waals surface area contributed by atoms with Gasteiger partial charge in [0.25, 0.3) is 0 Å². The Labute approximate surface area is 257 Å². The molecular weight excluding hydrogens is 568 g/mol. The molecule has 0 aliphatic carbocycles. The second-order valence-corrected chi connectivity index (χ2v) is 12.0. The van der Waals surface area contributed by atoms with Crippen molar-refractivity contribution in [3.05, 3.63) is 48.5 Å². The summed E-state index contributed by atoms with van der Waals surface area (Å²) in [4.78, 5) is 24.8. The molecule has 12 nitrogen and oxygen atoms in total. The molecule has 238 valence electrons. The van der Waals surface area contributed by atoms with E-state index >= 15 is 0 Å². The SMILES string of the molecule is CC(C)(C)OC(=O)NCCOCCOCCNc1cccc(-c2cc(-c3ccc4c(c3)OCO4)nn2C(=O)OC(C)(C)C)c1. The van der Waals surface area contributed by atoms with E-state index in [9.17, 15) is 9.59 Å². The number of alkyl carbamates (subject to hydrolysis) is 1. The molecule has 0 bridgehead atoms. The normalized spacial score (nSPS) is 12.6. The van der Waals surface area contributed by atoms with Crippen LogP contribution in [-0.4, -0.2) is 79.5 Å². The van der Waals surface area contributed by atoms with E-state index in [1.807, 2.05) is 90.1 Å². The van der Waals surface area contributed by atoms with Crippen LogP contribution in [0.2, 0.25) is 0 Å². The van der Waals surface area contributed by atoms with E-state index < -0.39 is 23.4 Å². The van der Waals surface area contributed by atoms with Gasteiger partial charge in [0.2, 0.25) is 6.79 Å². The summed E-state index contributed by atoms with van der Waals surface area (Å²) < 4.78 is 34.2. The van der Waals surface area contributed by atoms with E-state index in [2.05, 4.69) is 15.7 Å². The van der Waals surface area contributed by atoms with Crippen molar-refractivity contribution in [3.63, 3.8) is 0 Å². The van der Waals surface area contributed by atoms with Gasteiger partial charge in [-0.25, -0.2) is 9.59 Å². The standard InChI is InChI=1S/C32H42N4O8/c1-31(2,3)43-29(37)34-13-15-40-17-16-39-14-12-33-24-9-7-8-23(18-24)26-20-25(35-36(26)30(38)44-32(4,5)6)22-10-11-27-28(19-22)42-21-41-27/h7-11,18-20,33H,12-17,21H2,1-6H3,(H,34,37). The molecule has 1 aliphatic rings. The summed E-state index contributed by atoms with van der Waals surface area (Å²) in [5.41, 5.74) is 2.39.